The van der Waals surface area contributed by atoms with E-state index in [9.17, 15) is 0 Å². The van der Waals surface area contributed by atoms with E-state index in [0.717, 1.165) is 28.5 Å². The molecule has 2 aromatic rings. The molecule has 4 heteroatoms. The third-order valence-corrected chi connectivity index (χ3v) is 3.12. The first-order valence-electron chi connectivity index (χ1n) is 5.63. The lowest BCUT2D eigenvalue weighted by Gasteiger charge is -2.16. The van der Waals surface area contributed by atoms with Gasteiger partial charge in [0.1, 0.15) is 5.82 Å². The highest BCUT2D eigenvalue weighted by Crippen LogP contribution is 2.37. The number of para-hydroxylation sites is 2. The molecule has 17 heavy (non-hydrogen) atoms. The highest BCUT2D eigenvalue weighted by atomic mass is 15.4. The summed E-state index contributed by atoms with van der Waals surface area (Å²) in [6, 6.07) is 7.95. The average molecular weight is 226 g/mol. The molecule has 0 radical (unpaired) electrons. The summed E-state index contributed by atoms with van der Waals surface area (Å²) in [6.07, 6.45) is 2.06. The maximum Gasteiger partial charge on any atom is 0.178 e. The van der Waals surface area contributed by atoms with Crippen molar-refractivity contribution >= 4 is 22.7 Å². The van der Waals surface area contributed by atoms with Crippen molar-refractivity contribution in [3.05, 3.63) is 36.2 Å². The zero-order chi connectivity index (χ0) is 12.0. The molecule has 0 amide bonds. The smallest absolute Gasteiger partial charge is 0.178 e. The van der Waals surface area contributed by atoms with Crippen LogP contribution in [-0.4, -0.2) is 24.1 Å². The number of hydrogen-bond acceptors (Lipinski definition) is 4. The molecule has 0 saturated heterocycles. The van der Waals surface area contributed by atoms with Crippen molar-refractivity contribution < 1.29 is 0 Å². The van der Waals surface area contributed by atoms with Crippen molar-refractivity contribution in [3.8, 4) is 0 Å². The predicted octanol–water partition coefficient (Wildman–Crippen LogP) is 2.38. The Morgan fingerprint density at radius 3 is 1.82 bits per heavy atom. The third-order valence-electron chi connectivity index (χ3n) is 3.12. The van der Waals surface area contributed by atoms with E-state index < -0.39 is 0 Å². The van der Waals surface area contributed by atoms with Crippen LogP contribution in [0.15, 0.2) is 36.2 Å². The molecule has 86 valence electrons. The minimum atomic E-state index is 0.916. The van der Waals surface area contributed by atoms with Crippen LogP contribution in [0.5, 0.6) is 0 Å². The molecule has 1 aromatic carbocycles. The van der Waals surface area contributed by atoms with Crippen LogP contribution in [0.25, 0.3) is 11.0 Å². The number of anilines is 2. The van der Waals surface area contributed by atoms with E-state index in [1.807, 2.05) is 45.3 Å². The molecule has 4 nitrogen and oxygen atoms in total. The van der Waals surface area contributed by atoms with E-state index in [0.29, 0.717) is 0 Å². The number of benzene rings is 1. The van der Waals surface area contributed by atoms with E-state index in [2.05, 4.69) is 25.8 Å². The maximum atomic E-state index is 4.67. The van der Waals surface area contributed by atoms with E-state index in [4.69, 9.17) is 0 Å². The lowest BCUT2D eigenvalue weighted by Crippen LogP contribution is -2.21. The lowest BCUT2D eigenvalue weighted by atomic mass is 10.3. The van der Waals surface area contributed by atoms with Gasteiger partial charge < -0.3 is 9.80 Å². The summed E-state index contributed by atoms with van der Waals surface area (Å²) in [6.45, 7) is 2.02. The molecular formula is C13H14N4. The SMILES string of the molecule is CC=C1N(C)c2nc3ccccc3nc2N1C. The van der Waals surface area contributed by atoms with Crippen LogP contribution in [0.4, 0.5) is 11.6 Å². The molecule has 1 aromatic heterocycles. The number of hydrogen-bond donors (Lipinski definition) is 0. The number of aromatic nitrogens is 2. The zero-order valence-corrected chi connectivity index (χ0v) is 10.2. The van der Waals surface area contributed by atoms with Crippen molar-refractivity contribution in [1.82, 2.24) is 9.97 Å². The molecule has 0 N–H and O–H groups in total. The minimum absolute atomic E-state index is 0.916. The fourth-order valence-corrected chi connectivity index (χ4v) is 2.26. The van der Waals surface area contributed by atoms with Crippen LogP contribution < -0.4 is 9.80 Å². The van der Waals surface area contributed by atoms with Gasteiger partial charge in [-0.25, -0.2) is 9.97 Å². The lowest BCUT2D eigenvalue weighted by molar-refractivity contribution is 1.03. The van der Waals surface area contributed by atoms with Gasteiger partial charge in [-0.1, -0.05) is 12.1 Å². The van der Waals surface area contributed by atoms with Gasteiger partial charge in [0.05, 0.1) is 11.0 Å². The maximum absolute atomic E-state index is 4.67. The minimum Gasteiger partial charge on any atom is -0.313 e. The highest BCUT2D eigenvalue weighted by molar-refractivity contribution is 5.85. The Morgan fingerprint density at radius 1 is 0.941 bits per heavy atom. The van der Waals surface area contributed by atoms with E-state index in [1.54, 1.807) is 0 Å². The predicted molar refractivity (Wildman–Crippen MR) is 70.1 cm³/mol. The van der Waals surface area contributed by atoms with Gasteiger partial charge in [-0.3, -0.25) is 0 Å². The van der Waals surface area contributed by atoms with E-state index in [-0.39, 0.29) is 0 Å². The van der Waals surface area contributed by atoms with Crippen LogP contribution >= 0.6 is 0 Å². The molecule has 0 bridgehead atoms. The quantitative estimate of drug-likeness (QED) is 0.690. The van der Waals surface area contributed by atoms with Gasteiger partial charge in [0.2, 0.25) is 0 Å². The number of allylic oxidation sites excluding steroid dienone is 1. The fraction of sp³-hybridized carbons (Fsp3) is 0.231. The summed E-state index contributed by atoms with van der Waals surface area (Å²) in [5.74, 6) is 2.94. The molecule has 0 fully saturated rings. The molecule has 2 heterocycles. The Hall–Kier alpha value is -2.10. The second kappa shape index (κ2) is 3.45. The molecule has 0 spiro atoms. The third kappa shape index (κ3) is 1.30. The van der Waals surface area contributed by atoms with Crippen molar-refractivity contribution in [2.24, 2.45) is 0 Å². The summed E-state index contributed by atoms with van der Waals surface area (Å²) in [5.41, 5.74) is 1.87. The van der Waals surface area contributed by atoms with Gasteiger partial charge in [0.25, 0.3) is 0 Å². The molecule has 0 saturated carbocycles. The van der Waals surface area contributed by atoms with E-state index >= 15 is 0 Å². The molecule has 1 aliphatic heterocycles. The van der Waals surface area contributed by atoms with Gasteiger partial charge in [-0.05, 0) is 25.1 Å². The Labute approximate surface area is 100 Å². The first-order chi connectivity index (χ1) is 8.22. The number of fused-ring (bicyclic) bond motifs is 2. The monoisotopic (exact) mass is 226 g/mol. The van der Waals surface area contributed by atoms with Crippen LogP contribution in [0.3, 0.4) is 0 Å². The average Bonchev–Trinajstić information content (AvgIpc) is 2.59. The number of rotatable bonds is 0. The Balaban J connectivity index is 2.30. The van der Waals surface area contributed by atoms with Gasteiger partial charge in [-0.2, -0.15) is 0 Å². The molecule has 0 aliphatic carbocycles. The summed E-state index contributed by atoms with van der Waals surface area (Å²) >= 11 is 0. The van der Waals surface area contributed by atoms with Gasteiger partial charge >= 0.3 is 0 Å². The first-order valence-corrected chi connectivity index (χ1v) is 5.63. The summed E-state index contributed by atoms with van der Waals surface area (Å²) in [4.78, 5) is 13.5. The second-order valence-electron chi connectivity index (χ2n) is 4.12. The van der Waals surface area contributed by atoms with Crippen LogP contribution in [0, 0.1) is 0 Å². The molecule has 1 aliphatic rings. The Kier molecular flexibility index (Phi) is 2.04. The molecule has 0 unspecified atom stereocenters. The topological polar surface area (TPSA) is 32.3 Å². The van der Waals surface area contributed by atoms with Gasteiger partial charge in [0, 0.05) is 14.1 Å². The Bertz CT molecular complexity index is 567. The van der Waals surface area contributed by atoms with Crippen LogP contribution in [-0.2, 0) is 0 Å². The van der Waals surface area contributed by atoms with Gasteiger partial charge in [0.15, 0.2) is 11.6 Å². The summed E-state index contributed by atoms with van der Waals surface area (Å²) < 4.78 is 0. The molecular weight excluding hydrogens is 212 g/mol. The van der Waals surface area contributed by atoms with E-state index in [1.165, 1.54) is 0 Å². The fourth-order valence-electron chi connectivity index (χ4n) is 2.26. The molecule has 3 rings (SSSR count). The number of nitrogens with zero attached hydrogens (tertiary/aromatic N) is 4. The largest absolute Gasteiger partial charge is 0.313 e. The molecule has 0 atom stereocenters. The zero-order valence-electron chi connectivity index (χ0n) is 10.2. The second-order valence-corrected chi connectivity index (χ2v) is 4.12. The standard InChI is InChI=1S/C13H14N4/c1-4-11-16(2)12-13(17(11)3)15-10-8-6-5-7-9(10)14-12/h4-8H,1-3H3. The van der Waals surface area contributed by atoms with Crippen molar-refractivity contribution in [3.63, 3.8) is 0 Å². The van der Waals surface area contributed by atoms with Crippen molar-refractivity contribution in [2.45, 2.75) is 6.92 Å². The first kappa shape index (κ1) is 10.1. The Morgan fingerprint density at radius 2 is 1.41 bits per heavy atom. The van der Waals surface area contributed by atoms with Crippen molar-refractivity contribution in [2.75, 3.05) is 23.9 Å². The van der Waals surface area contributed by atoms with Crippen LogP contribution in [0.2, 0.25) is 0 Å². The normalized spacial score (nSPS) is 14.4. The highest BCUT2D eigenvalue weighted by Gasteiger charge is 2.28. The van der Waals surface area contributed by atoms with Gasteiger partial charge in [-0.15, -0.1) is 0 Å². The summed E-state index contributed by atoms with van der Waals surface area (Å²) in [5, 5.41) is 0. The summed E-state index contributed by atoms with van der Waals surface area (Å²) in [7, 11) is 4.03. The van der Waals surface area contributed by atoms with Crippen molar-refractivity contribution in [1.29, 1.82) is 0 Å². The van der Waals surface area contributed by atoms with Crippen LogP contribution in [0.1, 0.15) is 6.92 Å².